The van der Waals surface area contributed by atoms with E-state index in [1.54, 1.807) is 25.6 Å². The third kappa shape index (κ3) is 2.02. The lowest BCUT2D eigenvalue weighted by molar-refractivity contribution is 0.395. The second-order valence-electron chi connectivity index (χ2n) is 3.31. The molecule has 0 aliphatic rings. The molecule has 0 aliphatic carbocycles. The predicted molar refractivity (Wildman–Crippen MR) is 65.4 cm³/mol. The van der Waals surface area contributed by atoms with E-state index in [1.807, 2.05) is 31.3 Å². The topological polar surface area (TPSA) is 31.4 Å². The number of aromatic nitrogens is 1. The quantitative estimate of drug-likeness (QED) is 0.819. The van der Waals surface area contributed by atoms with Crippen molar-refractivity contribution >= 4 is 11.3 Å². The zero-order valence-corrected chi connectivity index (χ0v) is 10.3. The van der Waals surface area contributed by atoms with E-state index in [2.05, 4.69) is 4.98 Å². The van der Waals surface area contributed by atoms with Gasteiger partial charge in [-0.1, -0.05) is 0 Å². The number of aryl methyl sites for hydroxylation is 1. The molecule has 0 aliphatic heterocycles. The summed E-state index contributed by atoms with van der Waals surface area (Å²) < 4.78 is 10.5. The van der Waals surface area contributed by atoms with Gasteiger partial charge in [0, 0.05) is 17.8 Å². The maximum Gasteiger partial charge on any atom is 0.131 e. The largest absolute Gasteiger partial charge is 0.497 e. The van der Waals surface area contributed by atoms with Crippen molar-refractivity contribution < 1.29 is 9.47 Å². The first-order chi connectivity index (χ1) is 7.74. The van der Waals surface area contributed by atoms with Gasteiger partial charge in [-0.3, -0.25) is 0 Å². The summed E-state index contributed by atoms with van der Waals surface area (Å²) in [5.74, 6) is 1.60. The molecule has 3 nitrogen and oxygen atoms in total. The van der Waals surface area contributed by atoms with Gasteiger partial charge in [0.15, 0.2) is 0 Å². The van der Waals surface area contributed by atoms with Crippen molar-refractivity contribution in [2.75, 3.05) is 14.2 Å². The van der Waals surface area contributed by atoms with Crippen LogP contribution in [0.3, 0.4) is 0 Å². The zero-order valence-electron chi connectivity index (χ0n) is 9.48. The molecule has 16 heavy (non-hydrogen) atoms. The summed E-state index contributed by atoms with van der Waals surface area (Å²) in [5.41, 5.74) is 1.05. The zero-order chi connectivity index (χ0) is 11.5. The van der Waals surface area contributed by atoms with Crippen LogP contribution in [-0.4, -0.2) is 19.2 Å². The van der Waals surface area contributed by atoms with Gasteiger partial charge in [0.05, 0.1) is 24.1 Å². The van der Waals surface area contributed by atoms with E-state index in [0.29, 0.717) is 0 Å². The van der Waals surface area contributed by atoms with Crippen molar-refractivity contribution in [3.8, 4) is 21.9 Å². The van der Waals surface area contributed by atoms with Crippen LogP contribution in [0.2, 0.25) is 0 Å². The second kappa shape index (κ2) is 4.53. The Morgan fingerprint density at radius 3 is 2.56 bits per heavy atom. The standard InChI is InChI=1S/C12H13NO2S/c1-8-13-7-12(16-8)10-5-4-9(14-2)6-11(10)15-3/h4-7H,1-3H3. The van der Waals surface area contributed by atoms with Gasteiger partial charge in [0.25, 0.3) is 0 Å². The monoisotopic (exact) mass is 235 g/mol. The smallest absolute Gasteiger partial charge is 0.131 e. The summed E-state index contributed by atoms with van der Waals surface area (Å²) >= 11 is 1.65. The Kier molecular flexibility index (Phi) is 3.10. The third-order valence-electron chi connectivity index (χ3n) is 2.30. The molecule has 0 saturated carbocycles. The maximum absolute atomic E-state index is 5.35. The van der Waals surface area contributed by atoms with E-state index in [0.717, 1.165) is 26.9 Å². The van der Waals surface area contributed by atoms with E-state index >= 15 is 0 Å². The maximum atomic E-state index is 5.35. The molecule has 1 heterocycles. The SMILES string of the molecule is COc1ccc(-c2cnc(C)s2)c(OC)c1. The fourth-order valence-electron chi connectivity index (χ4n) is 1.49. The van der Waals surface area contributed by atoms with E-state index in [9.17, 15) is 0 Å². The van der Waals surface area contributed by atoms with Crippen LogP contribution >= 0.6 is 11.3 Å². The van der Waals surface area contributed by atoms with Gasteiger partial charge in [-0.25, -0.2) is 4.98 Å². The van der Waals surface area contributed by atoms with Gasteiger partial charge in [-0.05, 0) is 19.1 Å². The Balaban J connectivity index is 2.48. The first-order valence-corrected chi connectivity index (χ1v) is 5.71. The van der Waals surface area contributed by atoms with Crippen LogP contribution < -0.4 is 9.47 Å². The minimum absolute atomic E-state index is 0.793. The Hall–Kier alpha value is -1.55. The molecule has 2 aromatic rings. The van der Waals surface area contributed by atoms with Gasteiger partial charge in [0.1, 0.15) is 11.5 Å². The Labute approximate surface area is 98.7 Å². The van der Waals surface area contributed by atoms with E-state index in [4.69, 9.17) is 9.47 Å². The molecule has 2 rings (SSSR count). The molecule has 0 bridgehead atoms. The fraction of sp³-hybridized carbons (Fsp3) is 0.250. The molecule has 0 amide bonds. The van der Waals surface area contributed by atoms with Crippen molar-refractivity contribution in [2.24, 2.45) is 0 Å². The Morgan fingerprint density at radius 1 is 1.19 bits per heavy atom. The van der Waals surface area contributed by atoms with Gasteiger partial charge in [-0.15, -0.1) is 11.3 Å². The first kappa shape index (κ1) is 11.0. The number of methoxy groups -OCH3 is 2. The lowest BCUT2D eigenvalue weighted by atomic mass is 10.1. The molecular weight excluding hydrogens is 222 g/mol. The molecule has 4 heteroatoms. The average Bonchev–Trinajstić information content (AvgIpc) is 2.74. The summed E-state index contributed by atoms with van der Waals surface area (Å²) in [6, 6.07) is 5.79. The molecule has 1 aromatic heterocycles. The van der Waals surface area contributed by atoms with Crippen LogP contribution in [0.15, 0.2) is 24.4 Å². The summed E-state index contributed by atoms with van der Waals surface area (Å²) in [6.45, 7) is 1.99. The van der Waals surface area contributed by atoms with Crippen LogP contribution in [0.1, 0.15) is 5.01 Å². The van der Waals surface area contributed by atoms with Crippen LogP contribution in [0.5, 0.6) is 11.5 Å². The van der Waals surface area contributed by atoms with Crippen molar-refractivity contribution in [2.45, 2.75) is 6.92 Å². The minimum Gasteiger partial charge on any atom is -0.497 e. The Morgan fingerprint density at radius 2 is 2.00 bits per heavy atom. The number of hydrogen-bond donors (Lipinski definition) is 0. The van der Waals surface area contributed by atoms with Gasteiger partial charge in [-0.2, -0.15) is 0 Å². The number of rotatable bonds is 3. The molecule has 84 valence electrons. The molecule has 0 saturated heterocycles. The lowest BCUT2D eigenvalue weighted by Crippen LogP contribution is -1.89. The van der Waals surface area contributed by atoms with Gasteiger partial charge < -0.3 is 9.47 Å². The number of thiazole rings is 1. The van der Waals surface area contributed by atoms with Crippen molar-refractivity contribution in [1.82, 2.24) is 4.98 Å². The molecule has 0 radical (unpaired) electrons. The molecule has 0 unspecified atom stereocenters. The number of benzene rings is 1. The second-order valence-corrected chi connectivity index (χ2v) is 4.54. The Bertz CT molecular complexity index is 494. The van der Waals surface area contributed by atoms with E-state index in [-0.39, 0.29) is 0 Å². The normalized spacial score (nSPS) is 10.2. The molecular formula is C12H13NO2S. The fourth-order valence-corrected chi connectivity index (χ4v) is 2.30. The van der Waals surface area contributed by atoms with Crippen LogP contribution in [0.25, 0.3) is 10.4 Å². The molecule has 1 aromatic carbocycles. The molecule has 0 N–H and O–H groups in total. The van der Waals surface area contributed by atoms with E-state index in [1.165, 1.54) is 0 Å². The van der Waals surface area contributed by atoms with Crippen molar-refractivity contribution in [3.05, 3.63) is 29.4 Å². The van der Waals surface area contributed by atoms with Crippen molar-refractivity contribution in [1.29, 1.82) is 0 Å². The summed E-state index contributed by atoms with van der Waals surface area (Å²) in [6.07, 6.45) is 1.87. The lowest BCUT2D eigenvalue weighted by Gasteiger charge is -2.08. The number of nitrogens with zero attached hydrogens (tertiary/aromatic N) is 1. The summed E-state index contributed by atoms with van der Waals surface area (Å²) in [5, 5.41) is 1.05. The molecule has 0 atom stereocenters. The first-order valence-electron chi connectivity index (χ1n) is 4.89. The highest BCUT2D eigenvalue weighted by atomic mass is 32.1. The predicted octanol–water partition coefficient (Wildman–Crippen LogP) is 3.14. The minimum atomic E-state index is 0.793. The van der Waals surface area contributed by atoms with Crippen LogP contribution in [0.4, 0.5) is 0 Å². The average molecular weight is 235 g/mol. The van der Waals surface area contributed by atoms with Crippen LogP contribution in [0, 0.1) is 6.92 Å². The highest BCUT2D eigenvalue weighted by Gasteiger charge is 2.09. The summed E-state index contributed by atoms with van der Waals surface area (Å²) in [7, 11) is 3.30. The highest BCUT2D eigenvalue weighted by Crippen LogP contribution is 2.35. The summed E-state index contributed by atoms with van der Waals surface area (Å²) in [4.78, 5) is 5.35. The molecule has 0 fully saturated rings. The van der Waals surface area contributed by atoms with E-state index < -0.39 is 0 Å². The molecule has 0 spiro atoms. The van der Waals surface area contributed by atoms with Crippen LogP contribution in [-0.2, 0) is 0 Å². The van der Waals surface area contributed by atoms with Gasteiger partial charge >= 0.3 is 0 Å². The number of ether oxygens (including phenoxy) is 2. The highest BCUT2D eigenvalue weighted by molar-refractivity contribution is 7.15. The van der Waals surface area contributed by atoms with Crippen molar-refractivity contribution in [3.63, 3.8) is 0 Å². The van der Waals surface area contributed by atoms with Gasteiger partial charge in [0.2, 0.25) is 0 Å². The number of hydrogen-bond acceptors (Lipinski definition) is 4. The third-order valence-corrected chi connectivity index (χ3v) is 3.24.